The summed E-state index contributed by atoms with van der Waals surface area (Å²) in [6, 6.07) is 4.88. The minimum absolute atomic E-state index is 0.0575. The molecule has 21 heavy (non-hydrogen) atoms. The van der Waals surface area contributed by atoms with E-state index in [1.165, 1.54) is 0 Å². The molecule has 0 radical (unpaired) electrons. The average Bonchev–Trinajstić information content (AvgIpc) is 2.80. The van der Waals surface area contributed by atoms with E-state index >= 15 is 0 Å². The molecule has 0 aliphatic carbocycles. The summed E-state index contributed by atoms with van der Waals surface area (Å²) in [6.07, 6.45) is 0. The molecule has 0 amide bonds. The number of benzene rings is 1. The monoisotopic (exact) mass is 294 g/mol. The Bertz CT molecular complexity index is 560. The molecular weight excluding hydrogens is 276 g/mol. The van der Waals surface area contributed by atoms with Gasteiger partial charge in [-0.05, 0) is 25.0 Å². The molecule has 0 saturated carbocycles. The highest BCUT2D eigenvalue weighted by Gasteiger charge is 2.37. The van der Waals surface area contributed by atoms with E-state index in [0.717, 1.165) is 0 Å². The molecule has 0 unspecified atom stereocenters. The van der Waals surface area contributed by atoms with Gasteiger partial charge in [-0.25, -0.2) is 0 Å². The van der Waals surface area contributed by atoms with Crippen molar-refractivity contribution in [1.29, 1.82) is 0 Å². The van der Waals surface area contributed by atoms with Crippen LogP contribution in [0, 0.1) is 22.0 Å². The van der Waals surface area contributed by atoms with Crippen LogP contribution in [0.25, 0.3) is 0 Å². The second-order valence-electron chi connectivity index (χ2n) is 5.14. The highest BCUT2D eigenvalue weighted by atomic mass is 16.6. The Hall–Kier alpha value is -2.31. The minimum atomic E-state index is -0.867. The van der Waals surface area contributed by atoms with Crippen molar-refractivity contribution in [3.8, 4) is 5.75 Å². The Labute approximate surface area is 122 Å². The highest BCUT2D eigenvalue weighted by molar-refractivity contribution is 5.75. The van der Waals surface area contributed by atoms with Gasteiger partial charge < -0.3 is 14.7 Å². The normalized spacial score (nSPS) is 21.3. The quantitative estimate of drug-likeness (QED) is 0.660. The summed E-state index contributed by atoms with van der Waals surface area (Å²) in [6.45, 7) is 4.69. The number of carbonyl (C=O) groups is 1. The van der Waals surface area contributed by atoms with Gasteiger partial charge in [-0.2, -0.15) is 0 Å². The Morgan fingerprint density at radius 1 is 1.52 bits per heavy atom. The molecule has 1 aromatic carbocycles. The molecule has 1 saturated heterocycles. The molecule has 0 aromatic heterocycles. The molecule has 7 heteroatoms. The maximum Gasteiger partial charge on any atom is 0.333 e. The van der Waals surface area contributed by atoms with Gasteiger partial charge in [0.05, 0.1) is 17.4 Å². The number of ether oxygens (including phenoxy) is 1. The standard InChI is InChI=1S/C14H18N2O5/c1-3-21-12-6-4-5-11(13(12)16(19)20)15-7-9(2)10(8-15)14(17)18/h4-6,9-10H,3,7-8H2,1-2H3,(H,17,18)/t9-,10-/m1/s1. The van der Waals surface area contributed by atoms with Gasteiger partial charge in [-0.15, -0.1) is 0 Å². The van der Waals surface area contributed by atoms with Crippen LogP contribution in [0.3, 0.4) is 0 Å². The maximum atomic E-state index is 11.4. The van der Waals surface area contributed by atoms with Crippen LogP contribution in [0.15, 0.2) is 18.2 Å². The summed E-state index contributed by atoms with van der Waals surface area (Å²) in [5, 5.41) is 20.5. The summed E-state index contributed by atoms with van der Waals surface area (Å²) in [5.74, 6) is -1.22. The first kappa shape index (κ1) is 15.1. The second kappa shape index (κ2) is 5.99. The van der Waals surface area contributed by atoms with Gasteiger partial charge in [-0.1, -0.05) is 13.0 Å². The van der Waals surface area contributed by atoms with Crippen molar-refractivity contribution in [3.63, 3.8) is 0 Å². The lowest BCUT2D eigenvalue weighted by Crippen LogP contribution is -2.23. The van der Waals surface area contributed by atoms with Crippen molar-refractivity contribution < 1.29 is 19.6 Å². The van der Waals surface area contributed by atoms with Crippen LogP contribution in [0.4, 0.5) is 11.4 Å². The van der Waals surface area contributed by atoms with Gasteiger partial charge in [-0.3, -0.25) is 14.9 Å². The summed E-state index contributed by atoms with van der Waals surface area (Å²) >= 11 is 0. The number of para-hydroxylation sites is 1. The summed E-state index contributed by atoms with van der Waals surface area (Å²) in [4.78, 5) is 23.8. The van der Waals surface area contributed by atoms with E-state index in [1.54, 1.807) is 30.0 Å². The van der Waals surface area contributed by atoms with Crippen LogP contribution in [0.2, 0.25) is 0 Å². The van der Waals surface area contributed by atoms with E-state index in [9.17, 15) is 20.0 Å². The van der Waals surface area contributed by atoms with E-state index in [2.05, 4.69) is 0 Å². The van der Waals surface area contributed by atoms with Crippen LogP contribution in [-0.4, -0.2) is 35.7 Å². The van der Waals surface area contributed by atoms with E-state index in [1.807, 2.05) is 6.92 Å². The third-order valence-electron chi connectivity index (χ3n) is 3.73. The first-order chi connectivity index (χ1) is 9.95. The van der Waals surface area contributed by atoms with Crippen molar-refractivity contribution in [2.24, 2.45) is 11.8 Å². The smallest absolute Gasteiger partial charge is 0.333 e. The van der Waals surface area contributed by atoms with Gasteiger partial charge in [0.2, 0.25) is 0 Å². The molecular formula is C14H18N2O5. The molecule has 7 nitrogen and oxygen atoms in total. The maximum absolute atomic E-state index is 11.4. The molecule has 114 valence electrons. The third-order valence-corrected chi connectivity index (χ3v) is 3.73. The fourth-order valence-electron chi connectivity index (χ4n) is 2.71. The Morgan fingerprint density at radius 2 is 2.24 bits per heavy atom. The summed E-state index contributed by atoms with van der Waals surface area (Å²) < 4.78 is 5.32. The van der Waals surface area contributed by atoms with E-state index in [0.29, 0.717) is 18.8 Å². The van der Waals surface area contributed by atoms with Gasteiger partial charge in [0, 0.05) is 13.1 Å². The van der Waals surface area contributed by atoms with E-state index in [4.69, 9.17) is 4.74 Å². The number of nitro benzene ring substituents is 1. The fraction of sp³-hybridized carbons (Fsp3) is 0.500. The molecule has 0 spiro atoms. The van der Waals surface area contributed by atoms with Gasteiger partial charge in [0.15, 0.2) is 5.75 Å². The van der Waals surface area contributed by atoms with Crippen LogP contribution >= 0.6 is 0 Å². The van der Waals surface area contributed by atoms with E-state index < -0.39 is 16.8 Å². The Morgan fingerprint density at radius 3 is 2.76 bits per heavy atom. The van der Waals surface area contributed by atoms with Crippen molar-refractivity contribution >= 4 is 17.3 Å². The summed E-state index contributed by atoms with van der Waals surface area (Å²) in [5.41, 5.74) is 0.319. The zero-order chi connectivity index (χ0) is 15.6. The second-order valence-corrected chi connectivity index (χ2v) is 5.14. The third kappa shape index (κ3) is 2.91. The lowest BCUT2D eigenvalue weighted by atomic mass is 9.99. The molecule has 1 heterocycles. The topological polar surface area (TPSA) is 92.9 Å². The lowest BCUT2D eigenvalue weighted by molar-refractivity contribution is -0.385. The van der Waals surface area contributed by atoms with Gasteiger partial charge in [0.1, 0.15) is 5.69 Å². The zero-order valence-corrected chi connectivity index (χ0v) is 12.0. The predicted octanol–water partition coefficient (Wildman–Crippen LogP) is 2.15. The number of anilines is 1. The Kier molecular flexibility index (Phi) is 4.30. The number of hydrogen-bond acceptors (Lipinski definition) is 5. The molecule has 0 bridgehead atoms. The van der Waals surface area contributed by atoms with Crippen molar-refractivity contribution in [2.75, 3.05) is 24.6 Å². The number of carboxylic acids is 1. The largest absolute Gasteiger partial charge is 0.487 e. The SMILES string of the molecule is CCOc1cccc(N2C[C@@H](C)[C@H](C(=O)O)C2)c1[N+](=O)[O-]. The molecule has 1 N–H and O–H groups in total. The minimum Gasteiger partial charge on any atom is -0.487 e. The molecule has 1 aliphatic heterocycles. The average molecular weight is 294 g/mol. The zero-order valence-electron chi connectivity index (χ0n) is 12.0. The van der Waals surface area contributed by atoms with Crippen LogP contribution < -0.4 is 9.64 Å². The number of aliphatic carboxylic acids is 1. The molecule has 1 fully saturated rings. The molecule has 1 aliphatic rings. The lowest BCUT2D eigenvalue weighted by Gasteiger charge is -2.19. The first-order valence-corrected chi connectivity index (χ1v) is 6.83. The van der Waals surface area contributed by atoms with Gasteiger partial charge >= 0.3 is 11.7 Å². The number of nitrogens with zero attached hydrogens (tertiary/aromatic N) is 2. The number of hydrogen-bond donors (Lipinski definition) is 1. The van der Waals surface area contributed by atoms with Crippen molar-refractivity contribution in [1.82, 2.24) is 0 Å². The van der Waals surface area contributed by atoms with Crippen LogP contribution in [-0.2, 0) is 4.79 Å². The van der Waals surface area contributed by atoms with Crippen molar-refractivity contribution in [3.05, 3.63) is 28.3 Å². The predicted molar refractivity (Wildman–Crippen MR) is 76.8 cm³/mol. The fourth-order valence-corrected chi connectivity index (χ4v) is 2.71. The first-order valence-electron chi connectivity index (χ1n) is 6.83. The number of nitro groups is 1. The van der Waals surface area contributed by atoms with Crippen molar-refractivity contribution in [2.45, 2.75) is 13.8 Å². The molecule has 2 rings (SSSR count). The number of carboxylic acid groups (broad SMARTS) is 1. The molecule has 1 aromatic rings. The van der Waals surface area contributed by atoms with E-state index in [-0.39, 0.29) is 23.9 Å². The number of rotatable bonds is 5. The Balaban J connectivity index is 2.38. The van der Waals surface area contributed by atoms with Crippen LogP contribution in [0.5, 0.6) is 5.75 Å². The summed E-state index contributed by atoms with van der Waals surface area (Å²) in [7, 11) is 0. The highest BCUT2D eigenvalue weighted by Crippen LogP contribution is 2.40. The molecule has 2 atom stereocenters. The van der Waals surface area contributed by atoms with Gasteiger partial charge in [0.25, 0.3) is 0 Å². The van der Waals surface area contributed by atoms with Crippen LogP contribution in [0.1, 0.15) is 13.8 Å².